The number of rotatable bonds is 10. The molecule has 0 bridgehead atoms. The van der Waals surface area contributed by atoms with Gasteiger partial charge in [-0.3, -0.25) is 4.79 Å². The fraction of sp³-hybridized carbons (Fsp3) is 0.778. The van der Waals surface area contributed by atoms with Gasteiger partial charge in [0.1, 0.15) is 0 Å². The van der Waals surface area contributed by atoms with Gasteiger partial charge in [0.05, 0.1) is 12.5 Å². The number of hydrogen-bond donors (Lipinski definition) is 1. The lowest BCUT2D eigenvalue weighted by atomic mass is 9.56. The Hall–Kier alpha value is -1.56. The first-order valence-electron chi connectivity index (χ1n) is 12.2. The standard InChI is InChI=1S/C27H43NO2/c1-19(2)10-9-12-21(4)24-13-14-25-23(18-26(29)30)22(15-16-27(24,25)5)20(3)11-7-6-8-17-28/h6,8,19,21,23-25H,7,9-16,18H2,1-5H3,(H,29,30)/t21?,23-,24-,25?,27-/m1/s1. The van der Waals surface area contributed by atoms with E-state index < -0.39 is 5.97 Å². The molecule has 0 spiro atoms. The van der Waals surface area contributed by atoms with Gasteiger partial charge >= 0.3 is 5.97 Å². The zero-order chi connectivity index (χ0) is 22.3. The molecule has 2 saturated carbocycles. The Kier molecular flexibility index (Phi) is 9.20. The Morgan fingerprint density at radius 3 is 2.67 bits per heavy atom. The number of aliphatic carboxylic acids is 1. The largest absolute Gasteiger partial charge is 0.481 e. The summed E-state index contributed by atoms with van der Waals surface area (Å²) in [5.74, 6) is 2.26. The second-order valence-corrected chi connectivity index (χ2v) is 10.7. The molecule has 0 amide bonds. The minimum absolute atomic E-state index is 0.189. The van der Waals surface area contributed by atoms with Gasteiger partial charge in [0.15, 0.2) is 0 Å². The van der Waals surface area contributed by atoms with Crippen molar-refractivity contribution in [1.29, 1.82) is 5.26 Å². The molecule has 30 heavy (non-hydrogen) atoms. The molecule has 2 rings (SSSR count). The summed E-state index contributed by atoms with van der Waals surface area (Å²) in [7, 11) is 0. The summed E-state index contributed by atoms with van der Waals surface area (Å²) in [4.78, 5) is 11.8. The molecule has 2 unspecified atom stereocenters. The number of hydrogen-bond acceptors (Lipinski definition) is 2. The first-order chi connectivity index (χ1) is 14.2. The lowest BCUT2D eigenvalue weighted by Gasteiger charge is -2.48. The van der Waals surface area contributed by atoms with Crippen LogP contribution in [0, 0.1) is 46.3 Å². The summed E-state index contributed by atoms with van der Waals surface area (Å²) >= 11 is 0. The van der Waals surface area contributed by atoms with Crippen LogP contribution in [0.25, 0.3) is 0 Å². The minimum atomic E-state index is -0.660. The second kappa shape index (κ2) is 11.2. The number of allylic oxidation sites excluding steroid dienone is 4. The van der Waals surface area contributed by atoms with E-state index in [1.165, 1.54) is 49.7 Å². The van der Waals surface area contributed by atoms with Crippen molar-refractivity contribution in [2.45, 2.75) is 98.8 Å². The first kappa shape index (κ1) is 24.7. The van der Waals surface area contributed by atoms with E-state index in [2.05, 4.69) is 40.7 Å². The van der Waals surface area contributed by atoms with E-state index in [0.717, 1.165) is 37.0 Å². The molecule has 0 aliphatic heterocycles. The van der Waals surface area contributed by atoms with E-state index >= 15 is 0 Å². The highest BCUT2D eigenvalue weighted by Gasteiger charge is 2.53. The van der Waals surface area contributed by atoms with E-state index in [1.54, 1.807) is 6.08 Å². The van der Waals surface area contributed by atoms with Gasteiger partial charge in [-0.25, -0.2) is 0 Å². The maximum atomic E-state index is 11.8. The monoisotopic (exact) mass is 413 g/mol. The van der Waals surface area contributed by atoms with Gasteiger partial charge in [0.2, 0.25) is 0 Å². The molecule has 5 atom stereocenters. The zero-order valence-electron chi connectivity index (χ0n) is 19.9. The highest BCUT2D eigenvalue weighted by molar-refractivity contribution is 5.67. The van der Waals surface area contributed by atoms with Crippen molar-refractivity contribution >= 4 is 5.97 Å². The Morgan fingerprint density at radius 1 is 1.30 bits per heavy atom. The van der Waals surface area contributed by atoms with Crippen LogP contribution >= 0.6 is 0 Å². The summed E-state index contributed by atoms with van der Waals surface area (Å²) in [5, 5.41) is 18.4. The predicted octanol–water partition coefficient (Wildman–Crippen LogP) is 7.54. The van der Waals surface area contributed by atoms with Gasteiger partial charge in [-0.1, -0.05) is 64.2 Å². The Balaban J connectivity index is 2.18. The van der Waals surface area contributed by atoms with E-state index in [0.29, 0.717) is 5.92 Å². The molecule has 2 fully saturated rings. The van der Waals surface area contributed by atoms with Gasteiger partial charge in [-0.05, 0) is 80.5 Å². The predicted molar refractivity (Wildman–Crippen MR) is 124 cm³/mol. The maximum absolute atomic E-state index is 11.8. The number of carboxylic acids is 1. The third-order valence-corrected chi connectivity index (χ3v) is 8.30. The smallest absolute Gasteiger partial charge is 0.303 e. The zero-order valence-corrected chi connectivity index (χ0v) is 19.9. The molecule has 1 N–H and O–H groups in total. The average molecular weight is 414 g/mol. The van der Waals surface area contributed by atoms with Crippen molar-refractivity contribution in [2.75, 3.05) is 0 Å². The van der Waals surface area contributed by atoms with Crippen molar-refractivity contribution in [3.63, 3.8) is 0 Å². The van der Waals surface area contributed by atoms with E-state index in [9.17, 15) is 9.90 Å². The van der Waals surface area contributed by atoms with Crippen LogP contribution in [0.15, 0.2) is 23.3 Å². The quantitative estimate of drug-likeness (QED) is 0.297. The lowest BCUT2D eigenvalue weighted by molar-refractivity contribution is -0.138. The molecule has 0 aromatic carbocycles. The van der Waals surface area contributed by atoms with Crippen LogP contribution in [-0.2, 0) is 4.79 Å². The molecule has 0 heterocycles. The Morgan fingerprint density at radius 2 is 2.03 bits per heavy atom. The van der Waals surface area contributed by atoms with Crippen LogP contribution in [0.1, 0.15) is 98.8 Å². The maximum Gasteiger partial charge on any atom is 0.303 e. The van der Waals surface area contributed by atoms with Gasteiger partial charge in [-0.15, -0.1) is 0 Å². The highest BCUT2D eigenvalue weighted by Crippen LogP contribution is 2.62. The van der Waals surface area contributed by atoms with Crippen LogP contribution in [0.3, 0.4) is 0 Å². The number of carboxylic acid groups (broad SMARTS) is 1. The summed E-state index contributed by atoms with van der Waals surface area (Å²) in [6, 6.07) is 2.05. The van der Waals surface area contributed by atoms with Gasteiger partial charge in [0.25, 0.3) is 0 Å². The summed E-state index contributed by atoms with van der Waals surface area (Å²) in [5.41, 5.74) is 3.06. The topological polar surface area (TPSA) is 61.1 Å². The van der Waals surface area contributed by atoms with Crippen LogP contribution in [0.5, 0.6) is 0 Å². The molecular weight excluding hydrogens is 370 g/mol. The summed E-state index contributed by atoms with van der Waals surface area (Å²) in [6.07, 6.45) is 14.2. The summed E-state index contributed by atoms with van der Waals surface area (Å²) < 4.78 is 0. The number of fused-ring (bicyclic) bond motifs is 1. The molecule has 3 nitrogen and oxygen atoms in total. The van der Waals surface area contributed by atoms with E-state index in [4.69, 9.17) is 5.26 Å². The van der Waals surface area contributed by atoms with Crippen LogP contribution in [0.4, 0.5) is 0 Å². The van der Waals surface area contributed by atoms with Crippen LogP contribution < -0.4 is 0 Å². The van der Waals surface area contributed by atoms with Gasteiger partial charge in [-0.2, -0.15) is 5.26 Å². The fourth-order valence-electron chi connectivity index (χ4n) is 6.72. The molecule has 0 aromatic heterocycles. The second-order valence-electron chi connectivity index (χ2n) is 10.7. The highest BCUT2D eigenvalue weighted by atomic mass is 16.4. The van der Waals surface area contributed by atoms with Crippen molar-refractivity contribution in [2.24, 2.45) is 35.0 Å². The molecule has 0 aromatic rings. The fourth-order valence-corrected chi connectivity index (χ4v) is 6.72. The molecule has 2 aliphatic carbocycles. The molecule has 168 valence electrons. The van der Waals surface area contributed by atoms with Crippen LogP contribution in [-0.4, -0.2) is 11.1 Å². The minimum Gasteiger partial charge on any atom is -0.481 e. The number of carbonyl (C=O) groups is 1. The first-order valence-corrected chi connectivity index (χ1v) is 12.2. The molecule has 0 radical (unpaired) electrons. The molecule has 2 aliphatic rings. The SMILES string of the molecule is CC(CCC=CC#N)=C1CC[C@@]2(C)C(CC[C@@H]2C(C)CCCC(C)C)[C@@H]1CC(=O)O. The van der Waals surface area contributed by atoms with E-state index in [1.807, 2.05) is 6.08 Å². The van der Waals surface area contributed by atoms with Crippen molar-refractivity contribution in [3.8, 4) is 6.07 Å². The van der Waals surface area contributed by atoms with Crippen molar-refractivity contribution in [1.82, 2.24) is 0 Å². The van der Waals surface area contributed by atoms with Crippen LogP contribution in [0.2, 0.25) is 0 Å². The van der Waals surface area contributed by atoms with E-state index in [-0.39, 0.29) is 17.8 Å². The normalized spacial score (nSPS) is 31.6. The molecular formula is C27H43NO2. The molecule has 0 saturated heterocycles. The average Bonchev–Trinajstić information content (AvgIpc) is 3.02. The number of nitrogens with zero attached hydrogens (tertiary/aromatic N) is 1. The Bertz CT molecular complexity index is 683. The third kappa shape index (κ3) is 5.99. The summed E-state index contributed by atoms with van der Waals surface area (Å²) in [6.45, 7) is 11.7. The van der Waals surface area contributed by atoms with Gasteiger partial charge < -0.3 is 5.11 Å². The van der Waals surface area contributed by atoms with Crippen molar-refractivity contribution in [3.05, 3.63) is 23.3 Å². The number of nitriles is 1. The van der Waals surface area contributed by atoms with Gasteiger partial charge in [0, 0.05) is 6.08 Å². The van der Waals surface area contributed by atoms with Crippen molar-refractivity contribution < 1.29 is 9.90 Å². The third-order valence-electron chi connectivity index (χ3n) is 8.30. The molecule has 3 heteroatoms. The lowest BCUT2D eigenvalue weighted by Crippen LogP contribution is -2.41. The Labute approximate surface area is 184 Å².